The molecule has 2 aliphatic heterocycles. The minimum atomic E-state index is -0.338. The first-order valence-electron chi connectivity index (χ1n) is 13.2. The van der Waals surface area contributed by atoms with E-state index >= 15 is 4.39 Å². The summed E-state index contributed by atoms with van der Waals surface area (Å²) in [4.78, 5) is 18.1. The molecule has 9 nitrogen and oxygen atoms in total. The van der Waals surface area contributed by atoms with E-state index in [2.05, 4.69) is 37.1 Å². The molecule has 0 amide bonds. The number of hydrogen-bond donors (Lipinski definition) is 2. The van der Waals surface area contributed by atoms with Crippen molar-refractivity contribution in [1.29, 1.82) is 0 Å². The number of nitrogens with two attached hydrogens (primary N) is 1. The Morgan fingerprint density at radius 2 is 1.84 bits per heavy atom. The van der Waals surface area contributed by atoms with Crippen molar-refractivity contribution in [1.82, 2.24) is 29.5 Å². The molecule has 0 unspecified atom stereocenters. The summed E-state index contributed by atoms with van der Waals surface area (Å²) in [6.45, 7) is 5.08. The molecule has 0 radical (unpaired) electrons. The molecule has 1 aromatic carbocycles. The predicted octanol–water partition coefficient (Wildman–Crippen LogP) is 3.72. The summed E-state index contributed by atoms with van der Waals surface area (Å²) in [7, 11) is 2.20. The highest BCUT2D eigenvalue weighted by molar-refractivity contribution is 5.98. The van der Waals surface area contributed by atoms with Gasteiger partial charge in [0.15, 0.2) is 5.65 Å². The van der Waals surface area contributed by atoms with Gasteiger partial charge >= 0.3 is 0 Å². The molecule has 4 heterocycles. The summed E-state index contributed by atoms with van der Waals surface area (Å²) in [5.74, 6) is 0.0292. The Labute approximate surface area is 216 Å². The first-order chi connectivity index (χ1) is 18.1. The number of nitrogen functional groups attached to an aromatic ring is 1. The zero-order valence-corrected chi connectivity index (χ0v) is 21.3. The topological polar surface area (TPSA) is 100 Å². The fraction of sp³-hybridized carbons (Fsp3) is 0.481. The molecule has 2 aromatic heterocycles. The average molecular weight is 504 g/mol. The number of nitrogens with one attached hydrogen (secondary N) is 1. The van der Waals surface area contributed by atoms with Crippen molar-refractivity contribution in [2.45, 2.75) is 44.2 Å². The maximum atomic E-state index is 15.1. The number of likely N-dealkylation sites (N-methyl/N-ethyl adjacent to an activating group) is 1. The van der Waals surface area contributed by atoms with E-state index in [1.807, 2.05) is 16.8 Å². The van der Waals surface area contributed by atoms with Crippen LogP contribution < -0.4 is 11.1 Å². The second-order valence-electron chi connectivity index (χ2n) is 10.4. The maximum Gasteiger partial charge on any atom is 0.164 e. The molecule has 194 valence electrons. The van der Waals surface area contributed by atoms with Crippen LogP contribution in [0.2, 0.25) is 0 Å². The Hall–Kier alpha value is -3.37. The molecule has 1 saturated carbocycles. The van der Waals surface area contributed by atoms with Crippen molar-refractivity contribution in [3.05, 3.63) is 42.6 Å². The zero-order valence-electron chi connectivity index (χ0n) is 21.3. The summed E-state index contributed by atoms with van der Waals surface area (Å²) >= 11 is 0. The molecular weight excluding hydrogens is 469 g/mol. The highest BCUT2D eigenvalue weighted by Crippen LogP contribution is 2.37. The molecule has 37 heavy (non-hydrogen) atoms. The third-order valence-corrected chi connectivity index (χ3v) is 8.03. The summed E-state index contributed by atoms with van der Waals surface area (Å²) in [5.41, 5.74) is 9.76. The first kappa shape index (κ1) is 24.0. The Balaban J connectivity index is 1.23. The molecule has 0 spiro atoms. The van der Waals surface area contributed by atoms with Crippen LogP contribution in [0.5, 0.6) is 0 Å². The van der Waals surface area contributed by atoms with Gasteiger partial charge in [-0.05, 0) is 44.9 Å². The zero-order chi connectivity index (χ0) is 25.4. The third kappa shape index (κ3) is 4.83. The van der Waals surface area contributed by atoms with Gasteiger partial charge in [-0.15, -0.1) is 0 Å². The Bertz CT molecular complexity index is 1330. The van der Waals surface area contributed by atoms with Crippen molar-refractivity contribution < 1.29 is 4.39 Å². The predicted molar refractivity (Wildman–Crippen MR) is 145 cm³/mol. The summed E-state index contributed by atoms with van der Waals surface area (Å²) in [5, 5.41) is 8.81. The number of fused-ring (bicyclic) bond motifs is 1. The van der Waals surface area contributed by atoms with E-state index in [0.717, 1.165) is 69.6 Å². The molecule has 1 saturated heterocycles. The first-order valence-corrected chi connectivity index (χ1v) is 13.2. The lowest BCUT2D eigenvalue weighted by Gasteiger charge is -2.41. The van der Waals surface area contributed by atoms with Gasteiger partial charge in [-0.2, -0.15) is 5.10 Å². The highest BCUT2D eigenvalue weighted by Gasteiger charge is 2.30. The van der Waals surface area contributed by atoms with Gasteiger partial charge in [0.1, 0.15) is 23.7 Å². The molecular formula is C27H34FN9. The third-order valence-electron chi connectivity index (χ3n) is 8.03. The summed E-state index contributed by atoms with van der Waals surface area (Å²) < 4.78 is 17.1. The van der Waals surface area contributed by atoms with Gasteiger partial charge in [0.25, 0.3) is 0 Å². The van der Waals surface area contributed by atoms with Crippen LogP contribution in [0, 0.1) is 5.82 Å². The lowest BCUT2D eigenvalue weighted by molar-refractivity contribution is 0.0815. The molecule has 0 atom stereocenters. The molecule has 3 aromatic rings. The van der Waals surface area contributed by atoms with Crippen LogP contribution in [0.3, 0.4) is 0 Å². The number of benzene rings is 1. The number of halogens is 1. The van der Waals surface area contributed by atoms with Crippen molar-refractivity contribution in [2.75, 3.05) is 50.8 Å². The second-order valence-corrected chi connectivity index (χ2v) is 10.4. The van der Waals surface area contributed by atoms with E-state index in [-0.39, 0.29) is 11.9 Å². The molecule has 1 aliphatic carbocycles. The van der Waals surface area contributed by atoms with Crippen LogP contribution in [0.1, 0.15) is 38.1 Å². The number of nitrogens with zero attached hydrogens (tertiary/aromatic N) is 7. The fourth-order valence-corrected chi connectivity index (χ4v) is 5.83. The Kier molecular flexibility index (Phi) is 6.60. The van der Waals surface area contributed by atoms with E-state index < -0.39 is 0 Å². The quantitative estimate of drug-likeness (QED) is 0.529. The monoisotopic (exact) mass is 503 g/mol. The number of piperazine rings is 1. The molecule has 3 N–H and O–H groups in total. The highest BCUT2D eigenvalue weighted by atomic mass is 19.1. The van der Waals surface area contributed by atoms with Gasteiger partial charge in [-0.1, -0.05) is 12.1 Å². The minimum Gasteiger partial charge on any atom is -0.383 e. The smallest absolute Gasteiger partial charge is 0.164 e. The summed E-state index contributed by atoms with van der Waals surface area (Å²) in [6, 6.07) is 6.01. The van der Waals surface area contributed by atoms with E-state index in [1.165, 1.54) is 12.4 Å². The maximum absolute atomic E-state index is 15.1. The number of aliphatic imine (C=N–C) groups is 1. The van der Waals surface area contributed by atoms with Crippen molar-refractivity contribution in [3.8, 4) is 11.3 Å². The van der Waals surface area contributed by atoms with E-state index in [1.54, 1.807) is 12.3 Å². The lowest BCUT2D eigenvalue weighted by atomic mass is 9.90. The molecule has 10 heteroatoms. The van der Waals surface area contributed by atoms with E-state index in [0.29, 0.717) is 40.7 Å². The normalized spacial score (nSPS) is 23.0. The number of allylic oxidation sites excluding steroid dienone is 1. The van der Waals surface area contributed by atoms with Crippen LogP contribution in [0.25, 0.3) is 22.3 Å². The lowest BCUT2D eigenvalue weighted by Crippen LogP contribution is -2.49. The van der Waals surface area contributed by atoms with Gasteiger partial charge in [-0.25, -0.2) is 19.0 Å². The van der Waals surface area contributed by atoms with E-state index in [9.17, 15) is 0 Å². The van der Waals surface area contributed by atoms with Gasteiger partial charge in [0, 0.05) is 56.1 Å². The van der Waals surface area contributed by atoms with Crippen molar-refractivity contribution in [2.24, 2.45) is 4.99 Å². The van der Waals surface area contributed by atoms with Crippen LogP contribution in [-0.4, -0.2) is 81.1 Å². The number of aromatic nitrogens is 4. The minimum absolute atomic E-state index is 0.237. The van der Waals surface area contributed by atoms with Gasteiger partial charge < -0.3 is 16.0 Å². The van der Waals surface area contributed by atoms with Crippen LogP contribution in [-0.2, 0) is 0 Å². The average Bonchev–Trinajstić information content (AvgIpc) is 3.58. The molecule has 6 rings (SSSR count). The largest absolute Gasteiger partial charge is 0.383 e. The van der Waals surface area contributed by atoms with Crippen molar-refractivity contribution in [3.63, 3.8) is 0 Å². The van der Waals surface area contributed by atoms with Crippen LogP contribution >= 0.6 is 0 Å². The van der Waals surface area contributed by atoms with Crippen LogP contribution in [0.4, 0.5) is 15.9 Å². The fourth-order valence-electron chi connectivity index (χ4n) is 5.83. The molecule has 3 aliphatic rings. The second kappa shape index (κ2) is 10.2. The SMILES string of the molecule is CN1CCN(C2CCC(n3nc(-c4ccc(NCC5=NC=CC5)c(F)c4)c4c(N)ncnc43)CC2)CC1. The van der Waals surface area contributed by atoms with E-state index in [4.69, 9.17) is 10.8 Å². The van der Waals surface area contributed by atoms with Gasteiger partial charge in [-0.3, -0.25) is 9.89 Å². The Morgan fingerprint density at radius 3 is 2.57 bits per heavy atom. The van der Waals surface area contributed by atoms with Gasteiger partial charge in [0.2, 0.25) is 0 Å². The molecule has 0 bridgehead atoms. The summed E-state index contributed by atoms with van der Waals surface area (Å²) in [6.07, 6.45) is 10.4. The number of anilines is 2. The number of hydrogen-bond acceptors (Lipinski definition) is 8. The van der Waals surface area contributed by atoms with Crippen LogP contribution in [0.15, 0.2) is 41.8 Å². The number of rotatable bonds is 6. The van der Waals surface area contributed by atoms with Gasteiger partial charge in [0.05, 0.1) is 23.7 Å². The van der Waals surface area contributed by atoms with Crippen molar-refractivity contribution >= 4 is 28.3 Å². The Morgan fingerprint density at radius 1 is 1.05 bits per heavy atom. The molecule has 2 fully saturated rings. The standard InChI is InChI=1S/C27H34FN9/c1-35-11-13-36(14-12-35)20-5-7-21(8-6-20)37-27-24(26(29)32-17-33-27)25(34-37)18-4-9-23(22(28)15-18)31-16-19-3-2-10-30-19/h2,4,9-10,15,17,20-21,31H,3,5-8,11-14,16H2,1H3,(H2,29,32,33).